The predicted octanol–water partition coefficient (Wildman–Crippen LogP) is 1.43. The molecule has 0 aliphatic carbocycles. The fourth-order valence-electron chi connectivity index (χ4n) is 1.50. The molecule has 1 aliphatic rings. The lowest BCUT2D eigenvalue weighted by Crippen LogP contribution is -2.31. The number of anilines is 1. The van der Waals surface area contributed by atoms with Crippen LogP contribution in [-0.4, -0.2) is 17.8 Å². The van der Waals surface area contributed by atoms with Gasteiger partial charge in [-0.3, -0.25) is 14.9 Å². The summed E-state index contributed by atoms with van der Waals surface area (Å²) in [7, 11) is 0. The van der Waals surface area contributed by atoms with Crippen molar-refractivity contribution in [1.29, 1.82) is 0 Å². The lowest BCUT2D eigenvalue weighted by molar-refractivity contribution is -0.140. The van der Waals surface area contributed by atoms with E-state index in [0.29, 0.717) is 6.07 Å². The maximum absolute atomic E-state index is 13.0. The van der Waals surface area contributed by atoms with Gasteiger partial charge in [-0.2, -0.15) is 13.2 Å². The zero-order valence-electron chi connectivity index (χ0n) is 8.92. The third-order valence-corrected chi connectivity index (χ3v) is 2.33. The Hall–Kier alpha value is -2.45. The minimum absolute atomic E-state index is 0.205. The molecular weight excluding hydrogens is 272 g/mol. The van der Waals surface area contributed by atoms with Crippen molar-refractivity contribution in [2.45, 2.75) is 6.18 Å². The Morgan fingerprint density at radius 3 is 2.21 bits per heavy atom. The van der Waals surface area contributed by atoms with Gasteiger partial charge in [0.25, 0.3) is 0 Å². The minimum atomic E-state index is -4.98. The van der Waals surface area contributed by atoms with Crippen LogP contribution in [0.2, 0.25) is 0 Å². The third-order valence-electron chi connectivity index (χ3n) is 2.33. The van der Waals surface area contributed by atoms with Gasteiger partial charge in [-0.05, 0) is 18.2 Å². The first kappa shape index (κ1) is 13.0. The minimum Gasteiger partial charge on any atom is -0.269 e. The molecule has 2 rings (SSSR count). The Morgan fingerprint density at radius 1 is 1.11 bits per heavy atom. The number of urea groups is 1. The van der Waals surface area contributed by atoms with Crippen molar-refractivity contribution < 1.29 is 31.9 Å². The number of hydrogen-bond donors (Lipinski definition) is 1. The van der Waals surface area contributed by atoms with Crippen LogP contribution in [0.15, 0.2) is 18.2 Å². The molecule has 0 unspecified atom stereocenters. The van der Waals surface area contributed by atoms with Crippen molar-refractivity contribution in [3.8, 4) is 0 Å². The van der Waals surface area contributed by atoms with Gasteiger partial charge in [0, 0.05) is 0 Å². The van der Waals surface area contributed by atoms with Gasteiger partial charge in [-0.15, -0.1) is 0 Å². The Morgan fingerprint density at radius 2 is 1.74 bits per heavy atom. The van der Waals surface area contributed by atoms with Crippen molar-refractivity contribution in [2.24, 2.45) is 0 Å². The lowest BCUT2D eigenvalue weighted by Gasteiger charge is -2.14. The van der Waals surface area contributed by atoms with Crippen molar-refractivity contribution in [3.05, 3.63) is 29.6 Å². The number of rotatable bonds is 1. The van der Waals surface area contributed by atoms with Gasteiger partial charge in [-0.25, -0.2) is 14.1 Å². The van der Waals surface area contributed by atoms with Gasteiger partial charge in [0.2, 0.25) is 0 Å². The maximum atomic E-state index is 13.0. The molecule has 0 spiro atoms. The zero-order valence-corrected chi connectivity index (χ0v) is 8.92. The zero-order chi connectivity index (χ0) is 14.4. The molecule has 0 aromatic heterocycles. The van der Waals surface area contributed by atoms with E-state index in [1.807, 2.05) is 0 Å². The number of alkyl halides is 3. The van der Waals surface area contributed by atoms with Crippen LogP contribution >= 0.6 is 0 Å². The molecule has 0 radical (unpaired) electrons. The highest BCUT2D eigenvalue weighted by atomic mass is 19.4. The number of halogens is 4. The first-order valence-electron chi connectivity index (χ1n) is 4.78. The van der Waals surface area contributed by atoms with Crippen LogP contribution < -0.4 is 10.2 Å². The molecule has 1 aromatic carbocycles. The number of nitrogens with zero attached hydrogens (tertiary/aromatic N) is 1. The molecule has 1 heterocycles. The molecule has 1 N–H and O–H groups in total. The van der Waals surface area contributed by atoms with Crippen molar-refractivity contribution in [1.82, 2.24) is 5.32 Å². The second-order valence-corrected chi connectivity index (χ2v) is 3.56. The number of carbonyl (C=O) groups excluding carboxylic acids is 3. The standard InChI is InChI=1S/C10H4F4N2O3/c11-6-2-1-4(3-5(6)10(12,13)14)16-8(18)7(17)15-9(16)19/h1-3H,(H,15,17,19). The first-order valence-corrected chi connectivity index (χ1v) is 4.78. The fraction of sp³-hybridized carbons (Fsp3) is 0.100. The van der Waals surface area contributed by atoms with E-state index in [4.69, 9.17) is 0 Å². The van der Waals surface area contributed by atoms with Gasteiger partial charge in [0.05, 0.1) is 11.3 Å². The smallest absolute Gasteiger partial charge is 0.269 e. The predicted molar refractivity (Wildman–Crippen MR) is 52.4 cm³/mol. The van der Waals surface area contributed by atoms with Crippen LogP contribution in [0.5, 0.6) is 0 Å². The molecule has 100 valence electrons. The average molecular weight is 276 g/mol. The van der Waals surface area contributed by atoms with E-state index < -0.39 is 41.1 Å². The quantitative estimate of drug-likeness (QED) is 0.479. The van der Waals surface area contributed by atoms with Gasteiger partial charge in [0.15, 0.2) is 0 Å². The van der Waals surface area contributed by atoms with Crippen LogP contribution in [0.3, 0.4) is 0 Å². The largest absolute Gasteiger partial charge is 0.419 e. The lowest BCUT2D eigenvalue weighted by atomic mass is 10.1. The number of imide groups is 2. The molecule has 5 nitrogen and oxygen atoms in total. The van der Waals surface area contributed by atoms with E-state index in [1.54, 1.807) is 5.32 Å². The van der Waals surface area contributed by atoms with E-state index in [2.05, 4.69) is 0 Å². The van der Waals surface area contributed by atoms with E-state index in [9.17, 15) is 31.9 Å². The molecule has 0 atom stereocenters. The summed E-state index contributed by atoms with van der Waals surface area (Å²) in [6.07, 6.45) is -4.98. The van der Waals surface area contributed by atoms with Crippen LogP contribution in [0.4, 0.5) is 28.0 Å². The monoisotopic (exact) mass is 276 g/mol. The van der Waals surface area contributed by atoms with Gasteiger partial charge in [-0.1, -0.05) is 0 Å². The van der Waals surface area contributed by atoms with E-state index >= 15 is 0 Å². The summed E-state index contributed by atoms with van der Waals surface area (Å²) in [6.45, 7) is 0. The highest BCUT2D eigenvalue weighted by Gasteiger charge is 2.40. The second kappa shape index (κ2) is 4.04. The molecule has 0 bridgehead atoms. The summed E-state index contributed by atoms with van der Waals surface area (Å²) in [4.78, 5) is 33.6. The average Bonchev–Trinajstić information content (AvgIpc) is 2.53. The molecule has 0 saturated carbocycles. The summed E-state index contributed by atoms with van der Waals surface area (Å²) in [5.74, 6) is -4.14. The van der Waals surface area contributed by atoms with E-state index in [0.717, 1.165) is 6.07 Å². The summed E-state index contributed by atoms with van der Waals surface area (Å²) in [5.41, 5.74) is -2.17. The molecule has 1 aliphatic heterocycles. The molecule has 9 heteroatoms. The number of nitrogens with one attached hydrogen (secondary N) is 1. The summed E-state index contributed by atoms with van der Waals surface area (Å²) in [5, 5.41) is 1.61. The van der Waals surface area contributed by atoms with E-state index in [-0.39, 0.29) is 11.0 Å². The highest BCUT2D eigenvalue weighted by molar-refractivity contribution is 6.53. The Bertz CT molecular complexity index is 597. The third kappa shape index (κ3) is 2.14. The Kier molecular flexibility index (Phi) is 2.76. The summed E-state index contributed by atoms with van der Waals surface area (Å²) < 4.78 is 50.5. The maximum Gasteiger partial charge on any atom is 0.419 e. The normalized spacial score (nSPS) is 16.0. The topological polar surface area (TPSA) is 66.5 Å². The van der Waals surface area contributed by atoms with Gasteiger partial charge < -0.3 is 0 Å². The molecule has 1 aromatic rings. The summed E-state index contributed by atoms with van der Waals surface area (Å²) >= 11 is 0. The van der Waals surface area contributed by atoms with Crippen molar-refractivity contribution >= 4 is 23.5 Å². The van der Waals surface area contributed by atoms with E-state index in [1.165, 1.54) is 0 Å². The SMILES string of the molecule is O=C1NC(=O)N(c2ccc(F)c(C(F)(F)F)c2)C1=O. The fourth-order valence-corrected chi connectivity index (χ4v) is 1.50. The molecule has 19 heavy (non-hydrogen) atoms. The first-order chi connectivity index (χ1) is 8.71. The molecule has 4 amide bonds. The number of benzene rings is 1. The van der Waals surface area contributed by atoms with Crippen LogP contribution in [0.1, 0.15) is 5.56 Å². The highest BCUT2D eigenvalue weighted by Crippen LogP contribution is 2.34. The molecular formula is C10H4F4N2O3. The van der Waals surface area contributed by atoms with Crippen molar-refractivity contribution in [3.63, 3.8) is 0 Å². The molecule has 1 fully saturated rings. The number of amides is 4. The second-order valence-electron chi connectivity index (χ2n) is 3.56. The van der Waals surface area contributed by atoms with Gasteiger partial charge in [0.1, 0.15) is 5.82 Å². The van der Waals surface area contributed by atoms with Gasteiger partial charge >= 0.3 is 24.0 Å². The number of carbonyl (C=O) groups is 3. The molecule has 1 saturated heterocycles. The van der Waals surface area contributed by atoms with Crippen LogP contribution in [0, 0.1) is 5.82 Å². The van der Waals surface area contributed by atoms with Crippen LogP contribution in [0.25, 0.3) is 0 Å². The van der Waals surface area contributed by atoms with Crippen molar-refractivity contribution in [2.75, 3.05) is 4.90 Å². The Labute approximate surface area is 102 Å². The summed E-state index contributed by atoms with van der Waals surface area (Å²) in [6, 6.07) is 0.350. The van der Waals surface area contributed by atoms with Crippen LogP contribution in [-0.2, 0) is 15.8 Å². The Balaban J connectivity index is 2.51. The number of hydrogen-bond acceptors (Lipinski definition) is 3.